The Morgan fingerprint density at radius 1 is 1.36 bits per heavy atom. The lowest BCUT2D eigenvalue weighted by molar-refractivity contribution is -0.137. The number of nitrogens with one attached hydrogen (secondary N) is 1. The molecule has 1 amide bonds. The predicted molar refractivity (Wildman–Crippen MR) is 83.6 cm³/mol. The van der Waals surface area contributed by atoms with Gasteiger partial charge in [-0.05, 0) is 32.0 Å². The van der Waals surface area contributed by atoms with E-state index in [-0.39, 0.29) is 17.9 Å². The van der Waals surface area contributed by atoms with E-state index in [1.807, 2.05) is 0 Å². The van der Waals surface area contributed by atoms with Gasteiger partial charge >= 0.3 is 6.18 Å². The highest BCUT2D eigenvalue weighted by Crippen LogP contribution is 2.30. The zero-order valence-electron chi connectivity index (χ0n) is 13.5. The quantitative estimate of drug-likeness (QED) is 0.874. The van der Waals surface area contributed by atoms with Gasteiger partial charge in [-0.25, -0.2) is 4.68 Å². The molecule has 1 aromatic heterocycles. The van der Waals surface area contributed by atoms with Crippen molar-refractivity contribution in [1.29, 1.82) is 0 Å². The summed E-state index contributed by atoms with van der Waals surface area (Å²) in [5.74, 6) is -0.813. The molecule has 0 aliphatic rings. The summed E-state index contributed by atoms with van der Waals surface area (Å²) >= 11 is 0. The molecular weight excluding hydrogens is 339 g/mol. The second kappa shape index (κ2) is 7.06. The standard InChI is InChI=1S/C16H16F3N3O3/c1-9-6-13(24)14(15(25)20-8-10(2)23)21-22(9)12-5-3-4-11(7-12)16(17,18)19/h3-7,10,23H,8H2,1-2H3,(H,20,25)/t10-/m1/s1. The third kappa shape index (κ3) is 4.44. The first kappa shape index (κ1) is 18.7. The van der Waals surface area contributed by atoms with Crippen molar-refractivity contribution in [1.82, 2.24) is 15.1 Å². The Labute approximate surface area is 140 Å². The minimum Gasteiger partial charge on any atom is -0.392 e. The average Bonchev–Trinajstić information content (AvgIpc) is 2.52. The number of aryl methyl sites for hydroxylation is 1. The number of aliphatic hydroxyl groups is 1. The zero-order valence-corrected chi connectivity index (χ0v) is 13.5. The van der Waals surface area contributed by atoms with E-state index < -0.39 is 34.9 Å². The summed E-state index contributed by atoms with van der Waals surface area (Å²) < 4.78 is 39.7. The molecule has 1 aromatic carbocycles. The molecule has 6 nitrogen and oxygen atoms in total. The molecule has 1 atom stereocenters. The lowest BCUT2D eigenvalue weighted by Gasteiger charge is -2.14. The number of rotatable bonds is 4. The Balaban J connectivity index is 2.48. The first-order valence-corrected chi connectivity index (χ1v) is 7.34. The van der Waals surface area contributed by atoms with Crippen molar-refractivity contribution in [3.63, 3.8) is 0 Å². The highest BCUT2D eigenvalue weighted by molar-refractivity contribution is 5.92. The fourth-order valence-corrected chi connectivity index (χ4v) is 2.10. The molecule has 0 saturated heterocycles. The Morgan fingerprint density at radius 2 is 2.04 bits per heavy atom. The minimum atomic E-state index is -4.53. The fourth-order valence-electron chi connectivity index (χ4n) is 2.10. The van der Waals surface area contributed by atoms with E-state index in [1.54, 1.807) is 0 Å². The molecule has 2 N–H and O–H groups in total. The molecule has 25 heavy (non-hydrogen) atoms. The van der Waals surface area contributed by atoms with Gasteiger partial charge in [0.2, 0.25) is 5.43 Å². The van der Waals surface area contributed by atoms with E-state index in [9.17, 15) is 27.9 Å². The van der Waals surface area contributed by atoms with Crippen molar-refractivity contribution in [3.05, 3.63) is 57.5 Å². The maximum atomic E-state index is 12.9. The first-order valence-electron chi connectivity index (χ1n) is 7.34. The number of nitrogens with zero attached hydrogens (tertiary/aromatic N) is 2. The van der Waals surface area contributed by atoms with Crippen LogP contribution in [0.25, 0.3) is 5.69 Å². The minimum absolute atomic E-state index is 0.0666. The molecule has 0 unspecified atom stereocenters. The number of aliphatic hydroxyl groups excluding tert-OH is 1. The van der Waals surface area contributed by atoms with E-state index in [0.717, 1.165) is 22.9 Å². The van der Waals surface area contributed by atoms with E-state index in [4.69, 9.17) is 0 Å². The van der Waals surface area contributed by atoms with Crippen molar-refractivity contribution < 1.29 is 23.1 Å². The maximum Gasteiger partial charge on any atom is 0.416 e. The van der Waals surface area contributed by atoms with E-state index in [0.29, 0.717) is 0 Å². The van der Waals surface area contributed by atoms with Crippen molar-refractivity contribution in [3.8, 4) is 5.69 Å². The molecule has 0 radical (unpaired) electrons. The van der Waals surface area contributed by atoms with Gasteiger partial charge in [-0.15, -0.1) is 0 Å². The van der Waals surface area contributed by atoms with Gasteiger partial charge in [0, 0.05) is 18.3 Å². The SMILES string of the molecule is Cc1cc(=O)c(C(=O)NC[C@@H](C)O)nn1-c1cccc(C(F)(F)F)c1. The fraction of sp³-hybridized carbons (Fsp3) is 0.312. The molecule has 0 bridgehead atoms. The van der Waals surface area contributed by atoms with E-state index >= 15 is 0 Å². The molecule has 2 rings (SSSR count). The summed E-state index contributed by atoms with van der Waals surface area (Å²) in [6.07, 6.45) is -5.35. The third-order valence-corrected chi connectivity index (χ3v) is 3.30. The number of alkyl halides is 3. The summed E-state index contributed by atoms with van der Waals surface area (Å²) in [5.41, 5.74) is -1.66. The molecule has 0 fully saturated rings. The largest absolute Gasteiger partial charge is 0.416 e. The van der Waals surface area contributed by atoms with Crippen LogP contribution in [0.15, 0.2) is 35.1 Å². The Morgan fingerprint density at radius 3 is 2.64 bits per heavy atom. The number of hydrogen-bond acceptors (Lipinski definition) is 4. The lowest BCUT2D eigenvalue weighted by atomic mass is 10.2. The van der Waals surface area contributed by atoms with E-state index in [1.165, 1.54) is 26.0 Å². The second-order valence-electron chi connectivity index (χ2n) is 5.52. The number of hydrogen-bond donors (Lipinski definition) is 2. The molecule has 2 aromatic rings. The zero-order chi connectivity index (χ0) is 18.8. The normalized spacial score (nSPS) is 12.7. The molecule has 0 aliphatic carbocycles. The summed E-state index contributed by atoms with van der Waals surface area (Å²) in [4.78, 5) is 24.0. The van der Waals surface area contributed by atoms with Crippen molar-refractivity contribution >= 4 is 5.91 Å². The van der Waals surface area contributed by atoms with Crippen LogP contribution in [0.5, 0.6) is 0 Å². The average molecular weight is 355 g/mol. The van der Waals surface area contributed by atoms with Crippen molar-refractivity contribution in [2.24, 2.45) is 0 Å². The van der Waals surface area contributed by atoms with Crippen LogP contribution in [0.4, 0.5) is 13.2 Å². The summed E-state index contributed by atoms with van der Waals surface area (Å²) in [5, 5.41) is 15.4. The number of halogens is 3. The van der Waals surface area contributed by atoms with Crippen LogP contribution in [-0.2, 0) is 6.18 Å². The second-order valence-corrected chi connectivity index (χ2v) is 5.52. The van der Waals surface area contributed by atoms with Crippen molar-refractivity contribution in [2.75, 3.05) is 6.54 Å². The first-order chi connectivity index (χ1) is 11.6. The van der Waals surface area contributed by atoms with Crippen LogP contribution in [-0.4, -0.2) is 33.4 Å². The molecule has 134 valence electrons. The van der Waals surface area contributed by atoms with Crippen molar-refractivity contribution in [2.45, 2.75) is 26.1 Å². The van der Waals surface area contributed by atoms with Gasteiger partial charge < -0.3 is 10.4 Å². The predicted octanol–water partition coefficient (Wildman–Crippen LogP) is 1.67. The van der Waals surface area contributed by atoms with Gasteiger partial charge in [0.15, 0.2) is 5.69 Å². The highest BCUT2D eigenvalue weighted by atomic mass is 19.4. The number of carbonyl (C=O) groups is 1. The van der Waals surface area contributed by atoms with Crippen LogP contribution < -0.4 is 10.7 Å². The smallest absolute Gasteiger partial charge is 0.392 e. The Bertz CT molecular complexity index is 844. The summed E-state index contributed by atoms with van der Waals surface area (Å²) in [6, 6.07) is 5.51. The van der Waals surface area contributed by atoms with Crippen LogP contribution in [0, 0.1) is 6.92 Å². The van der Waals surface area contributed by atoms with Gasteiger partial charge in [-0.3, -0.25) is 9.59 Å². The number of amides is 1. The van der Waals surface area contributed by atoms with Crippen LogP contribution in [0.2, 0.25) is 0 Å². The molecule has 0 saturated carbocycles. The monoisotopic (exact) mass is 355 g/mol. The molecule has 0 aliphatic heterocycles. The summed E-state index contributed by atoms with van der Waals surface area (Å²) in [7, 11) is 0. The van der Waals surface area contributed by atoms with Crippen LogP contribution in [0.1, 0.15) is 28.7 Å². The molecular formula is C16H16F3N3O3. The Kier molecular flexibility index (Phi) is 5.27. The van der Waals surface area contributed by atoms with Gasteiger partial charge in [-0.2, -0.15) is 18.3 Å². The van der Waals surface area contributed by atoms with Gasteiger partial charge in [0.05, 0.1) is 17.4 Å². The van der Waals surface area contributed by atoms with Crippen LogP contribution in [0.3, 0.4) is 0 Å². The maximum absolute atomic E-state index is 12.9. The molecule has 1 heterocycles. The number of aromatic nitrogens is 2. The topological polar surface area (TPSA) is 84.2 Å². The third-order valence-electron chi connectivity index (χ3n) is 3.30. The van der Waals surface area contributed by atoms with Crippen LogP contribution >= 0.6 is 0 Å². The highest BCUT2D eigenvalue weighted by Gasteiger charge is 2.30. The Hall–Kier alpha value is -2.68. The number of carbonyl (C=O) groups excluding carboxylic acids is 1. The van der Waals surface area contributed by atoms with Gasteiger partial charge in [0.25, 0.3) is 5.91 Å². The molecule has 9 heteroatoms. The summed E-state index contributed by atoms with van der Waals surface area (Å²) in [6.45, 7) is 2.85. The van der Waals surface area contributed by atoms with E-state index in [2.05, 4.69) is 10.4 Å². The van der Waals surface area contributed by atoms with Gasteiger partial charge in [-0.1, -0.05) is 6.07 Å². The van der Waals surface area contributed by atoms with Gasteiger partial charge in [0.1, 0.15) is 0 Å². The molecule has 0 spiro atoms. The lowest BCUT2D eigenvalue weighted by Crippen LogP contribution is -2.35. The number of benzene rings is 1.